The van der Waals surface area contributed by atoms with Crippen LogP contribution in [0.25, 0.3) is 6.08 Å². The van der Waals surface area contributed by atoms with E-state index >= 15 is 0 Å². The fraction of sp³-hybridized carbons (Fsp3) is 0.270. The van der Waals surface area contributed by atoms with Crippen LogP contribution in [0.4, 0.5) is 0 Å². The van der Waals surface area contributed by atoms with Gasteiger partial charge in [0, 0.05) is 55.2 Å². The quantitative estimate of drug-likeness (QED) is 0.152. The summed E-state index contributed by atoms with van der Waals surface area (Å²) >= 11 is 3.49. The van der Waals surface area contributed by atoms with E-state index < -0.39 is 6.29 Å². The van der Waals surface area contributed by atoms with E-state index in [2.05, 4.69) is 51.4 Å². The van der Waals surface area contributed by atoms with Crippen LogP contribution in [0.5, 0.6) is 11.5 Å². The van der Waals surface area contributed by atoms with Crippen LogP contribution in [0.3, 0.4) is 0 Å². The highest BCUT2D eigenvalue weighted by molar-refractivity contribution is 9.10. The second-order valence-corrected chi connectivity index (χ2v) is 11.5. The van der Waals surface area contributed by atoms with Crippen LogP contribution in [0, 0.1) is 0 Å². The standard InChI is InChI=1S/C15H13BrO2.C9H8O.C8H10O2.C5H12N2/c16-11-6-7-14-13(8-11)12(9-15(17)18-14)10-4-2-1-3-5-10;10-8-4-7-9-5-2-1-3-6-9;9-6-5-7-1-3-8(10)4-2-7;1-7-4-2-6-3-5-7/h1-8,12,15,17H,9H2;1-8H;1-4,9-10H,5-6H2;6H,2-5H2,1H3/b;7-4+;;. The number of rotatable bonds is 5. The first-order valence-corrected chi connectivity index (χ1v) is 15.8. The number of carbonyl (C=O) groups excluding carboxylic acids is 1. The Balaban J connectivity index is 0.000000176. The Labute approximate surface area is 274 Å². The number of aliphatic hydroxyl groups is 2. The predicted molar refractivity (Wildman–Crippen MR) is 184 cm³/mol. The molecule has 4 aromatic carbocycles. The average Bonchev–Trinajstić information content (AvgIpc) is 3.07. The van der Waals surface area contributed by atoms with Crippen molar-refractivity contribution in [3.05, 3.63) is 136 Å². The van der Waals surface area contributed by atoms with Gasteiger partial charge >= 0.3 is 0 Å². The summed E-state index contributed by atoms with van der Waals surface area (Å²) in [5.41, 5.74) is 4.43. The highest BCUT2D eigenvalue weighted by Gasteiger charge is 2.28. The van der Waals surface area contributed by atoms with Crippen LogP contribution in [0.15, 0.2) is 114 Å². The SMILES string of the molecule is CN1CCNCC1.O=C/C=C/c1ccccc1.OC1CC(c2ccccc2)c2cc(Br)ccc2O1.OCCc1ccc(O)cc1. The van der Waals surface area contributed by atoms with Gasteiger partial charge in [-0.3, -0.25) is 4.79 Å². The molecule has 8 heteroatoms. The van der Waals surface area contributed by atoms with Crippen LogP contribution < -0.4 is 10.1 Å². The summed E-state index contributed by atoms with van der Waals surface area (Å²) in [5, 5.41) is 30.5. The number of hydrogen-bond donors (Lipinski definition) is 4. The number of aromatic hydroxyl groups is 1. The summed E-state index contributed by atoms with van der Waals surface area (Å²) in [6.45, 7) is 4.90. The van der Waals surface area contributed by atoms with Gasteiger partial charge in [0.25, 0.3) is 0 Å². The van der Waals surface area contributed by atoms with Crippen molar-refractivity contribution in [1.82, 2.24) is 10.2 Å². The van der Waals surface area contributed by atoms with Crippen LogP contribution >= 0.6 is 15.9 Å². The van der Waals surface area contributed by atoms with E-state index in [9.17, 15) is 9.90 Å². The fourth-order valence-corrected chi connectivity index (χ4v) is 5.08. The van der Waals surface area contributed by atoms with Crippen molar-refractivity contribution >= 4 is 28.3 Å². The topological polar surface area (TPSA) is 102 Å². The number of phenols is 1. The zero-order valence-electron chi connectivity index (χ0n) is 25.6. The smallest absolute Gasteiger partial charge is 0.198 e. The Morgan fingerprint density at radius 3 is 2.16 bits per heavy atom. The Kier molecular flexibility index (Phi) is 16.1. The molecule has 4 N–H and O–H groups in total. The number of nitrogens with zero attached hydrogens (tertiary/aromatic N) is 1. The van der Waals surface area contributed by atoms with E-state index in [-0.39, 0.29) is 18.3 Å². The van der Waals surface area contributed by atoms with E-state index in [0.717, 1.165) is 46.3 Å². The number of likely N-dealkylation sites (N-methyl/N-ethyl adjacent to an activating group) is 1. The molecule has 0 aromatic heterocycles. The lowest BCUT2D eigenvalue weighted by Crippen LogP contribution is -2.40. The lowest BCUT2D eigenvalue weighted by Gasteiger charge is -2.30. The van der Waals surface area contributed by atoms with Gasteiger partial charge in [-0.15, -0.1) is 0 Å². The van der Waals surface area contributed by atoms with Crippen LogP contribution in [0.2, 0.25) is 0 Å². The second kappa shape index (κ2) is 20.3. The number of allylic oxidation sites excluding steroid dienone is 1. The van der Waals surface area contributed by atoms with Crippen molar-refractivity contribution in [3.63, 3.8) is 0 Å². The molecule has 2 aliphatic heterocycles. The van der Waals surface area contributed by atoms with E-state index in [1.54, 1.807) is 30.3 Å². The van der Waals surface area contributed by atoms with Crippen molar-refractivity contribution in [1.29, 1.82) is 0 Å². The van der Waals surface area contributed by atoms with Gasteiger partial charge in [0.2, 0.25) is 0 Å². The zero-order valence-corrected chi connectivity index (χ0v) is 27.2. The summed E-state index contributed by atoms with van der Waals surface area (Å²) < 4.78 is 6.50. The number of piperazine rings is 1. The number of nitrogens with one attached hydrogen (secondary N) is 1. The largest absolute Gasteiger partial charge is 0.508 e. The summed E-state index contributed by atoms with van der Waals surface area (Å²) in [6.07, 6.45) is 4.53. The predicted octanol–water partition coefficient (Wildman–Crippen LogP) is 6.03. The summed E-state index contributed by atoms with van der Waals surface area (Å²) in [4.78, 5) is 12.2. The number of ether oxygens (including phenoxy) is 1. The molecule has 0 aliphatic carbocycles. The highest BCUT2D eigenvalue weighted by atomic mass is 79.9. The third-order valence-corrected chi connectivity index (χ3v) is 7.59. The maximum Gasteiger partial charge on any atom is 0.198 e. The van der Waals surface area contributed by atoms with E-state index in [0.29, 0.717) is 12.8 Å². The van der Waals surface area contributed by atoms with Crippen molar-refractivity contribution in [2.45, 2.75) is 25.0 Å². The van der Waals surface area contributed by atoms with Crippen LogP contribution in [-0.2, 0) is 11.2 Å². The van der Waals surface area contributed by atoms with Crippen molar-refractivity contribution in [2.75, 3.05) is 39.8 Å². The van der Waals surface area contributed by atoms with Crippen molar-refractivity contribution < 1.29 is 24.9 Å². The van der Waals surface area contributed by atoms with E-state index in [4.69, 9.17) is 14.9 Å². The summed E-state index contributed by atoms with van der Waals surface area (Å²) in [7, 11) is 2.15. The number of aldehydes is 1. The van der Waals surface area contributed by atoms with Crippen LogP contribution in [-0.4, -0.2) is 72.6 Å². The van der Waals surface area contributed by atoms with Crippen molar-refractivity contribution in [3.8, 4) is 11.5 Å². The number of carbonyl (C=O) groups is 1. The van der Waals surface area contributed by atoms with Gasteiger partial charge in [0.15, 0.2) is 6.29 Å². The first-order chi connectivity index (χ1) is 21.9. The molecule has 0 radical (unpaired) electrons. The first kappa shape index (κ1) is 35.7. The zero-order chi connectivity index (χ0) is 32.3. The monoisotopic (exact) mass is 674 g/mol. The lowest BCUT2D eigenvalue weighted by molar-refractivity contribution is -0.104. The molecular weight excluding hydrogens is 632 g/mol. The summed E-state index contributed by atoms with van der Waals surface area (Å²) in [5.74, 6) is 1.22. The Morgan fingerprint density at radius 1 is 0.933 bits per heavy atom. The molecule has 1 fully saturated rings. The molecule has 2 aliphatic rings. The molecule has 45 heavy (non-hydrogen) atoms. The molecule has 0 saturated carbocycles. The third kappa shape index (κ3) is 13.4. The molecule has 2 atom stereocenters. The molecule has 7 nitrogen and oxygen atoms in total. The minimum atomic E-state index is -0.733. The lowest BCUT2D eigenvalue weighted by atomic mass is 9.86. The van der Waals surface area contributed by atoms with E-state index in [1.807, 2.05) is 60.7 Å². The molecule has 2 unspecified atom stereocenters. The third-order valence-electron chi connectivity index (χ3n) is 7.09. The number of hydrogen-bond acceptors (Lipinski definition) is 7. The Hall–Kier alpha value is -3.79. The average molecular weight is 676 g/mol. The van der Waals surface area contributed by atoms with Crippen molar-refractivity contribution in [2.24, 2.45) is 0 Å². The highest BCUT2D eigenvalue weighted by Crippen LogP contribution is 2.41. The van der Waals surface area contributed by atoms with Gasteiger partial charge in [0.05, 0.1) is 0 Å². The molecule has 2 heterocycles. The maximum absolute atomic E-state index is 9.89. The molecule has 6 rings (SSSR count). The van der Waals surface area contributed by atoms with Gasteiger partial charge in [-0.1, -0.05) is 94.8 Å². The number of aliphatic hydroxyl groups excluding tert-OH is 2. The van der Waals surface area contributed by atoms with Gasteiger partial charge in [-0.25, -0.2) is 0 Å². The van der Waals surface area contributed by atoms with Crippen LogP contribution in [0.1, 0.15) is 34.6 Å². The number of phenolic OH excluding ortho intramolecular Hbond substituents is 1. The molecule has 0 spiro atoms. The first-order valence-electron chi connectivity index (χ1n) is 15.0. The Bertz CT molecular complexity index is 1410. The minimum Gasteiger partial charge on any atom is -0.508 e. The Morgan fingerprint density at radius 2 is 1.58 bits per heavy atom. The van der Waals surface area contributed by atoms with Gasteiger partial charge in [-0.2, -0.15) is 0 Å². The normalized spacial score (nSPS) is 17.2. The number of benzene rings is 4. The van der Waals surface area contributed by atoms with Gasteiger partial charge < -0.3 is 30.3 Å². The molecule has 0 amide bonds. The van der Waals surface area contributed by atoms with E-state index in [1.165, 1.54) is 24.7 Å². The molecule has 0 bridgehead atoms. The van der Waals surface area contributed by atoms with Gasteiger partial charge in [-0.05, 0) is 66.6 Å². The molecular formula is C37H43BrN2O5. The molecule has 238 valence electrons. The second-order valence-electron chi connectivity index (χ2n) is 10.6. The summed E-state index contributed by atoms with van der Waals surface area (Å²) in [6, 6.07) is 32.7. The molecule has 4 aromatic rings. The fourth-order valence-electron chi connectivity index (χ4n) is 4.71. The minimum absolute atomic E-state index is 0.158. The molecule has 1 saturated heterocycles. The number of fused-ring (bicyclic) bond motifs is 1. The number of halogens is 1. The maximum atomic E-state index is 9.89. The van der Waals surface area contributed by atoms with Gasteiger partial charge in [0.1, 0.15) is 17.8 Å².